The van der Waals surface area contributed by atoms with Gasteiger partial charge in [-0.2, -0.15) is 0 Å². The highest BCUT2D eigenvalue weighted by molar-refractivity contribution is 5.75. The molecule has 2 aromatic rings. The van der Waals surface area contributed by atoms with E-state index in [4.69, 9.17) is 10.7 Å². The number of hydrogen-bond donors (Lipinski definition) is 1. The van der Waals surface area contributed by atoms with Crippen molar-refractivity contribution in [1.82, 2.24) is 9.97 Å². The van der Waals surface area contributed by atoms with Crippen molar-refractivity contribution in [1.29, 1.82) is 0 Å². The van der Waals surface area contributed by atoms with Crippen molar-refractivity contribution < 1.29 is 0 Å². The molecular weight excluding hydrogens is 236 g/mol. The lowest BCUT2D eigenvalue weighted by atomic mass is 10.2. The third-order valence-corrected chi connectivity index (χ3v) is 3.87. The smallest absolute Gasteiger partial charge is 0.148 e. The van der Waals surface area contributed by atoms with E-state index in [9.17, 15) is 0 Å². The summed E-state index contributed by atoms with van der Waals surface area (Å²) in [5.41, 5.74) is 7.66. The first-order valence-electron chi connectivity index (χ1n) is 7.07. The van der Waals surface area contributed by atoms with Gasteiger partial charge in [0.2, 0.25) is 0 Å². The van der Waals surface area contributed by atoms with Crippen LogP contribution in [0.2, 0.25) is 0 Å². The SMILES string of the molecule is NCCN(c1cnc2ccccc2n1)C1CCCC1. The van der Waals surface area contributed by atoms with Gasteiger partial charge >= 0.3 is 0 Å². The molecule has 0 unspecified atom stereocenters. The van der Waals surface area contributed by atoms with Crippen molar-refractivity contribution in [3.8, 4) is 0 Å². The van der Waals surface area contributed by atoms with Gasteiger partial charge in [0.05, 0.1) is 17.2 Å². The zero-order valence-corrected chi connectivity index (χ0v) is 11.1. The molecule has 0 amide bonds. The normalized spacial score (nSPS) is 16.1. The van der Waals surface area contributed by atoms with Crippen LogP contribution in [0.1, 0.15) is 25.7 Å². The predicted octanol–water partition coefficient (Wildman–Crippen LogP) is 2.34. The first-order chi connectivity index (χ1) is 9.38. The number of fused-ring (bicyclic) bond motifs is 1. The maximum Gasteiger partial charge on any atom is 0.148 e. The fraction of sp³-hybridized carbons (Fsp3) is 0.467. The lowest BCUT2D eigenvalue weighted by Crippen LogP contribution is -2.38. The van der Waals surface area contributed by atoms with E-state index < -0.39 is 0 Å². The van der Waals surface area contributed by atoms with Crippen LogP contribution in [0.15, 0.2) is 30.5 Å². The molecule has 1 saturated carbocycles. The second-order valence-corrected chi connectivity index (χ2v) is 5.14. The highest BCUT2D eigenvalue weighted by atomic mass is 15.2. The molecule has 1 aliphatic carbocycles. The summed E-state index contributed by atoms with van der Waals surface area (Å²) in [6.07, 6.45) is 7.00. The summed E-state index contributed by atoms with van der Waals surface area (Å²) in [4.78, 5) is 11.6. The number of benzene rings is 1. The minimum absolute atomic E-state index is 0.582. The van der Waals surface area contributed by atoms with E-state index in [1.165, 1.54) is 25.7 Å². The Morgan fingerprint density at radius 1 is 1.16 bits per heavy atom. The Hall–Kier alpha value is -1.68. The Labute approximate surface area is 113 Å². The van der Waals surface area contributed by atoms with Crippen LogP contribution < -0.4 is 10.6 Å². The van der Waals surface area contributed by atoms with Crippen LogP contribution in [0.3, 0.4) is 0 Å². The number of anilines is 1. The Morgan fingerprint density at radius 2 is 1.89 bits per heavy atom. The summed E-state index contributed by atoms with van der Waals surface area (Å²) >= 11 is 0. The van der Waals surface area contributed by atoms with Gasteiger partial charge in [-0.25, -0.2) is 4.98 Å². The van der Waals surface area contributed by atoms with Gasteiger partial charge in [0, 0.05) is 19.1 Å². The molecule has 0 spiro atoms. The molecule has 1 aromatic carbocycles. The second kappa shape index (κ2) is 5.53. The number of rotatable bonds is 4. The van der Waals surface area contributed by atoms with Gasteiger partial charge in [-0.05, 0) is 25.0 Å². The van der Waals surface area contributed by atoms with Gasteiger partial charge in [-0.3, -0.25) is 4.98 Å². The molecule has 3 rings (SSSR count). The molecule has 4 heteroatoms. The highest BCUT2D eigenvalue weighted by Crippen LogP contribution is 2.27. The Balaban J connectivity index is 1.94. The van der Waals surface area contributed by atoms with Crippen molar-refractivity contribution in [2.45, 2.75) is 31.7 Å². The molecule has 1 aliphatic rings. The van der Waals surface area contributed by atoms with Crippen LogP contribution in [-0.2, 0) is 0 Å². The molecule has 1 fully saturated rings. The standard InChI is InChI=1S/C15H20N4/c16-9-10-19(12-5-1-2-6-12)15-11-17-13-7-3-4-8-14(13)18-15/h3-4,7-8,11-12H,1-2,5-6,9-10,16H2. The van der Waals surface area contributed by atoms with Gasteiger partial charge in [0.25, 0.3) is 0 Å². The van der Waals surface area contributed by atoms with Gasteiger partial charge < -0.3 is 10.6 Å². The van der Waals surface area contributed by atoms with E-state index in [1.54, 1.807) is 0 Å². The monoisotopic (exact) mass is 256 g/mol. The number of para-hydroxylation sites is 2. The van der Waals surface area contributed by atoms with Crippen molar-refractivity contribution in [2.75, 3.05) is 18.0 Å². The molecule has 1 aromatic heterocycles. The van der Waals surface area contributed by atoms with Crippen LogP contribution in [0.4, 0.5) is 5.82 Å². The fourth-order valence-corrected chi connectivity index (χ4v) is 2.93. The maximum atomic E-state index is 5.76. The van der Waals surface area contributed by atoms with Crippen LogP contribution in [0, 0.1) is 0 Å². The summed E-state index contributed by atoms with van der Waals surface area (Å²) in [7, 11) is 0. The average Bonchev–Trinajstić information content (AvgIpc) is 2.98. The zero-order valence-electron chi connectivity index (χ0n) is 11.1. The fourth-order valence-electron chi connectivity index (χ4n) is 2.93. The maximum absolute atomic E-state index is 5.76. The summed E-state index contributed by atoms with van der Waals surface area (Å²) in [6, 6.07) is 8.59. The Bertz CT molecular complexity index is 549. The Kier molecular flexibility index (Phi) is 3.60. The summed E-state index contributed by atoms with van der Waals surface area (Å²) in [5.74, 6) is 0.969. The Morgan fingerprint density at radius 3 is 2.63 bits per heavy atom. The van der Waals surface area contributed by atoms with Gasteiger partial charge in [-0.15, -0.1) is 0 Å². The van der Waals surface area contributed by atoms with Gasteiger partial charge in [-0.1, -0.05) is 25.0 Å². The zero-order chi connectivity index (χ0) is 13.1. The average molecular weight is 256 g/mol. The van der Waals surface area contributed by atoms with Crippen molar-refractivity contribution in [3.05, 3.63) is 30.5 Å². The summed E-state index contributed by atoms with van der Waals surface area (Å²) < 4.78 is 0. The molecule has 0 bridgehead atoms. The van der Waals surface area contributed by atoms with E-state index in [-0.39, 0.29) is 0 Å². The van der Waals surface area contributed by atoms with Crippen LogP contribution in [0.5, 0.6) is 0 Å². The van der Waals surface area contributed by atoms with E-state index in [0.29, 0.717) is 12.6 Å². The minimum atomic E-state index is 0.582. The molecule has 0 atom stereocenters. The molecule has 1 heterocycles. The van der Waals surface area contributed by atoms with Crippen LogP contribution in [0.25, 0.3) is 11.0 Å². The van der Waals surface area contributed by atoms with E-state index >= 15 is 0 Å². The number of aromatic nitrogens is 2. The summed E-state index contributed by atoms with van der Waals surface area (Å²) in [5, 5.41) is 0. The number of nitrogens with zero attached hydrogens (tertiary/aromatic N) is 3. The number of hydrogen-bond acceptors (Lipinski definition) is 4. The molecule has 0 radical (unpaired) electrons. The van der Waals surface area contributed by atoms with Crippen LogP contribution >= 0.6 is 0 Å². The molecule has 4 nitrogen and oxygen atoms in total. The topological polar surface area (TPSA) is 55.0 Å². The number of nitrogens with two attached hydrogens (primary N) is 1. The van der Waals surface area contributed by atoms with Crippen molar-refractivity contribution >= 4 is 16.9 Å². The second-order valence-electron chi connectivity index (χ2n) is 5.14. The highest BCUT2D eigenvalue weighted by Gasteiger charge is 2.23. The van der Waals surface area contributed by atoms with E-state index in [0.717, 1.165) is 23.4 Å². The van der Waals surface area contributed by atoms with Crippen LogP contribution in [-0.4, -0.2) is 29.1 Å². The van der Waals surface area contributed by atoms with Crippen molar-refractivity contribution in [2.24, 2.45) is 5.73 Å². The van der Waals surface area contributed by atoms with E-state index in [1.807, 2.05) is 30.5 Å². The first-order valence-corrected chi connectivity index (χ1v) is 7.07. The third kappa shape index (κ3) is 2.54. The molecule has 0 aliphatic heterocycles. The van der Waals surface area contributed by atoms with Crippen molar-refractivity contribution in [3.63, 3.8) is 0 Å². The third-order valence-electron chi connectivity index (χ3n) is 3.87. The van der Waals surface area contributed by atoms with Gasteiger partial charge in [0.1, 0.15) is 5.82 Å². The quantitative estimate of drug-likeness (QED) is 0.912. The largest absolute Gasteiger partial charge is 0.351 e. The molecule has 0 saturated heterocycles. The predicted molar refractivity (Wildman–Crippen MR) is 78.2 cm³/mol. The summed E-state index contributed by atoms with van der Waals surface area (Å²) in [6.45, 7) is 1.52. The molecule has 2 N–H and O–H groups in total. The lowest BCUT2D eigenvalue weighted by Gasteiger charge is -2.29. The molecule has 19 heavy (non-hydrogen) atoms. The first kappa shape index (κ1) is 12.4. The lowest BCUT2D eigenvalue weighted by molar-refractivity contribution is 0.602. The van der Waals surface area contributed by atoms with Gasteiger partial charge in [0.15, 0.2) is 0 Å². The minimum Gasteiger partial charge on any atom is -0.351 e. The molecular formula is C15H20N4. The molecule has 100 valence electrons. The van der Waals surface area contributed by atoms with E-state index in [2.05, 4.69) is 9.88 Å².